The molecule has 0 radical (unpaired) electrons. The Morgan fingerprint density at radius 1 is 1.17 bits per heavy atom. The molecule has 1 aliphatic carbocycles. The van der Waals surface area contributed by atoms with E-state index in [2.05, 4.69) is 52.8 Å². The molecule has 0 aliphatic heterocycles. The van der Waals surface area contributed by atoms with Crippen molar-refractivity contribution in [1.82, 2.24) is 0 Å². The van der Waals surface area contributed by atoms with Crippen LogP contribution in [-0.2, 0) is 10.8 Å². The van der Waals surface area contributed by atoms with Crippen molar-refractivity contribution in [2.24, 2.45) is 5.16 Å². The number of nitrogens with zero attached hydrogens (tertiary/aromatic N) is 1. The van der Waals surface area contributed by atoms with E-state index in [1.54, 1.807) is 6.21 Å². The van der Waals surface area contributed by atoms with E-state index in [-0.39, 0.29) is 10.8 Å². The standard InChI is InChI=1S/C16H23NO/c1-10-7-13-14(11(2)12(10)8-17-18)16(5,6)9-15(13,3)4/h7-8,18H,9H2,1-6H3/b17-8-. The van der Waals surface area contributed by atoms with Gasteiger partial charge in [-0.15, -0.1) is 0 Å². The minimum atomic E-state index is 0.189. The van der Waals surface area contributed by atoms with E-state index in [0.717, 1.165) is 12.0 Å². The van der Waals surface area contributed by atoms with Crippen molar-refractivity contribution >= 4 is 6.21 Å². The first-order valence-electron chi connectivity index (χ1n) is 6.53. The number of oxime groups is 1. The van der Waals surface area contributed by atoms with Crippen molar-refractivity contribution in [1.29, 1.82) is 0 Å². The molecule has 0 saturated carbocycles. The molecule has 0 aromatic heterocycles. The Labute approximate surface area is 110 Å². The Morgan fingerprint density at radius 2 is 1.78 bits per heavy atom. The summed E-state index contributed by atoms with van der Waals surface area (Å²) in [5.41, 5.74) is 6.82. The maximum Gasteiger partial charge on any atom is 0.0739 e. The highest BCUT2D eigenvalue weighted by atomic mass is 16.4. The van der Waals surface area contributed by atoms with Gasteiger partial charge >= 0.3 is 0 Å². The highest BCUT2D eigenvalue weighted by molar-refractivity contribution is 5.85. The minimum absolute atomic E-state index is 0.189. The van der Waals surface area contributed by atoms with Crippen molar-refractivity contribution in [2.75, 3.05) is 0 Å². The quantitative estimate of drug-likeness (QED) is 0.451. The lowest BCUT2D eigenvalue weighted by atomic mass is 9.81. The first-order chi connectivity index (χ1) is 8.20. The summed E-state index contributed by atoms with van der Waals surface area (Å²) < 4.78 is 0. The van der Waals surface area contributed by atoms with Gasteiger partial charge in [0.2, 0.25) is 0 Å². The van der Waals surface area contributed by atoms with Crippen molar-refractivity contribution in [3.8, 4) is 0 Å². The predicted octanol–water partition coefficient (Wildman–Crippen LogP) is 4.07. The van der Waals surface area contributed by atoms with Gasteiger partial charge in [-0.3, -0.25) is 0 Å². The fourth-order valence-electron chi connectivity index (χ4n) is 3.95. The molecule has 98 valence electrons. The number of fused-ring (bicyclic) bond motifs is 1. The van der Waals surface area contributed by atoms with E-state index in [1.807, 2.05) is 0 Å². The first-order valence-corrected chi connectivity index (χ1v) is 6.53. The number of benzene rings is 1. The van der Waals surface area contributed by atoms with Gasteiger partial charge in [-0.25, -0.2) is 0 Å². The Hall–Kier alpha value is -1.31. The molecular weight excluding hydrogens is 222 g/mol. The van der Waals surface area contributed by atoms with E-state index in [1.165, 1.54) is 22.3 Å². The fraction of sp³-hybridized carbons (Fsp3) is 0.562. The number of hydrogen-bond donors (Lipinski definition) is 1. The van der Waals surface area contributed by atoms with Gasteiger partial charge in [-0.1, -0.05) is 38.9 Å². The summed E-state index contributed by atoms with van der Waals surface area (Å²) in [6.45, 7) is 13.5. The average Bonchev–Trinajstić information content (AvgIpc) is 2.38. The zero-order valence-electron chi connectivity index (χ0n) is 12.3. The number of hydrogen-bond acceptors (Lipinski definition) is 2. The molecular formula is C16H23NO. The molecule has 2 heteroatoms. The summed E-state index contributed by atoms with van der Waals surface area (Å²) >= 11 is 0. The third-order valence-corrected chi connectivity index (χ3v) is 4.31. The summed E-state index contributed by atoms with van der Waals surface area (Å²) in [5.74, 6) is 0. The molecule has 1 aliphatic rings. The highest BCUT2D eigenvalue weighted by Gasteiger charge is 2.43. The smallest absolute Gasteiger partial charge is 0.0739 e. The van der Waals surface area contributed by atoms with Gasteiger partial charge in [-0.05, 0) is 53.4 Å². The monoisotopic (exact) mass is 245 g/mol. The van der Waals surface area contributed by atoms with E-state index in [9.17, 15) is 0 Å². The van der Waals surface area contributed by atoms with E-state index in [0.29, 0.717) is 0 Å². The van der Waals surface area contributed by atoms with Crippen LogP contribution in [0.5, 0.6) is 0 Å². The number of aryl methyl sites for hydroxylation is 1. The average molecular weight is 245 g/mol. The maximum absolute atomic E-state index is 8.82. The molecule has 0 spiro atoms. The van der Waals surface area contributed by atoms with Crippen LogP contribution < -0.4 is 0 Å². The summed E-state index contributed by atoms with van der Waals surface area (Å²) in [7, 11) is 0. The van der Waals surface area contributed by atoms with Gasteiger partial charge in [0.25, 0.3) is 0 Å². The zero-order chi connectivity index (χ0) is 13.7. The highest BCUT2D eigenvalue weighted by Crippen LogP contribution is 2.51. The van der Waals surface area contributed by atoms with Crippen molar-refractivity contribution in [2.45, 2.75) is 58.8 Å². The second-order valence-electron chi connectivity index (χ2n) is 6.84. The van der Waals surface area contributed by atoms with Gasteiger partial charge in [0, 0.05) is 5.56 Å². The fourth-order valence-corrected chi connectivity index (χ4v) is 3.95. The Balaban J connectivity index is 2.80. The lowest BCUT2D eigenvalue weighted by Crippen LogP contribution is -2.18. The van der Waals surface area contributed by atoms with Crippen LogP contribution in [0.2, 0.25) is 0 Å². The van der Waals surface area contributed by atoms with Crippen LogP contribution >= 0.6 is 0 Å². The van der Waals surface area contributed by atoms with E-state index < -0.39 is 0 Å². The molecule has 0 unspecified atom stereocenters. The Kier molecular flexibility index (Phi) is 2.80. The van der Waals surface area contributed by atoms with Crippen molar-refractivity contribution in [3.63, 3.8) is 0 Å². The summed E-state index contributed by atoms with van der Waals surface area (Å²) in [6, 6.07) is 2.27. The molecule has 1 aromatic carbocycles. The molecule has 2 rings (SSSR count). The second kappa shape index (κ2) is 3.84. The lowest BCUT2D eigenvalue weighted by molar-refractivity contribution is 0.322. The number of rotatable bonds is 1. The predicted molar refractivity (Wildman–Crippen MR) is 76.0 cm³/mol. The van der Waals surface area contributed by atoms with E-state index >= 15 is 0 Å². The molecule has 0 fully saturated rings. The maximum atomic E-state index is 8.82. The molecule has 2 nitrogen and oxygen atoms in total. The molecule has 0 saturated heterocycles. The zero-order valence-corrected chi connectivity index (χ0v) is 12.3. The Bertz CT molecular complexity index is 524. The van der Waals surface area contributed by atoms with Crippen LogP contribution in [0.15, 0.2) is 11.2 Å². The van der Waals surface area contributed by atoms with E-state index in [4.69, 9.17) is 5.21 Å². The molecule has 0 atom stereocenters. The molecule has 0 amide bonds. The van der Waals surface area contributed by atoms with Gasteiger partial charge in [0.1, 0.15) is 0 Å². The van der Waals surface area contributed by atoms with Crippen LogP contribution in [0, 0.1) is 13.8 Å². The third-order valence-electron chi connectivity index (χ3n) is 4.31. The van der Waals surface area contributed by atoms with Crippen LogP contribution in [0.1, 0.15) is 61.9 Å². The largest absolute Gasteiger partial charge is 0.411 e. The van der Waals surface area contributed by atoms with Gasteiger partial charge in [0.15, 0.2) is 0 Å². The summed E-state index contributed by atoms with van der Waals surface area (Å²) in [4.78, 5) is 0. The lowest BCUT2D eigenvalue weighted by Gasteiger charge is -2.23. The summed E-state index contributed by atoms with van der Waals surface area (Å²) in [6.07, 6.45) is 2.72. The van der Waals surface area contributed by atoms with Crippen LogP contribution in [0.3, 0.4) is 0 Å². The second-order valence-corrected chi connectivity index (χ2v) is 6.84. The minimum Gasteiger partial charge on any atom is -0.411 e. The van der Waals surface area contributed by atoms with Gasteiger partial charge in [-0.2, -0.15) is 0 Å². The van der Waals surface area contributed by atoms with Gasteiger partial charge < -0.3 is 5.21 Å². The molecule has 1 aromatic rings. The molecule has 0 bridgehead atoms. The van der Waals surface area contributed by atoms with Gasteiger partial charge in [0.05, 0.1) is 6.21 Å². The SMILES string of the molecule is Cc1cc2c(c(C)c1/C=N\O)C(C)(C)CC2(C)C. The topological polar surface area (TPSA) is 32.6 Å². The normalized spacial score (nSPS) is 20.3. The van der Waals surface area contributed by atoms with Crippen LogP contribution in [0.4, 0.5) is 0 Å². The molecule has 0 heterocycles. The molecule has 1 N–H and O–H groups in total. The van der Waals surface area contributed by atoms with Crippen LogP contribution in [-0.4, -0.2) is 11.4 Å². The third kappa shape index (κ3) is 1.75. The first kappa shape index (κ1) is 13.1. The Morgan fingerprint density at radius 3 is 2.33 bits per heavy atom. The molecule has 18 heavy (non-hydrogen) atoms. The van der Waals surface area contributed by atoms with Crippen LogP contribution in [0.25, 0.3) is 0 Å². The van der Waals surface area contributed by atoms with Crippen molar-refractivity contribution < 1.29 is 5.21 Å². The van der Waals surface area contributed by atoms with Crippen molar-refractivity contribution in [3.05, 3.63) is 33.9 Å². The summed E-state index contributed by atoms with van der Waals surface area (Å²) in [5, 5.41) is 12.0.